The third-order valence-corrected chi connectivity index (χ3v) is 9.47. The molecule has 0 unspecified atom stereocenters. The number of rotatable bonds is 12. The molecule has 0 amide bonds. The van der Waals surface area contributed by atoms with Crippen molar-refractivity contribution in [3.05, 3.63) is 128 Å². The highest BCUT2D eigenvalue weighted by atomic mass is 28.4. The molecule has 0 spiro atoms. The second-order valence-electron chi connectivity index (χ2n) is 8.42. The van der Waals surface area contributed by atoms with Crippen LogP contribution in [0.3, 0.4) is 0 Å². The van der Waals surface area contributed by atoms with Crippen molar-refractivity contribution in [2.24, 2.45) is 0 Å². The Bertz CT molecular complexity index is 1330. The summed E-state index contributed by atoms with van der Waals surface area (Å²) in [6.45, 7) is -0.253. The van der Waals surface area contributed by atoms with Crippen LogP contribution in [-0.2, 0) is 22.1 Å². The smallest absolute Gasteiger partial charge is 0.407 e. The van der Waals surface area contributed by atoms with Crippen LogP contribution < -0.4 is 19.8 Å². The fourth-order valence-corrected chi connectivity index (χ4v) is 7.16. The van der Waals surface area contributed by atoms with Crippen LogP contribution in [0, 0.1) is 20.2 Å². The molecule has 39 heavy (non-hydrogen) atoms. The van der Waals surface area contributed by atoms with E-state index < -0.39 is 18.4 Å². The van der Waals surface area contributed by atoms with Crippen molar-refractivity contribution in [2.75, 3.05) is 14.2 Å². The van der Waals surface area contributed by atoms with E-state index in [1.54, 1.807) is 74.9 Å². The Hall–Kier alpha value is -4.58. The molecule has 4 aromatic carbocycles. The molecule has 0 saturated carbocycles. The van der Waals surface area contributed by atoms with Gasteiger partial charge in [0.05, 0.1) is 48.4 Å². The van der Waals surface area contributed by atoms with Crippen LogP contribution >= 0.6 is 0 Å². The number of nitro benzene ring substituents is 2. The third-order valence-electron chi connectivity index (χ3n) is 6.18. The molecule has 4 rings (SSSR count). The van der Waals surface area contributed by atoms with E-state index in [2.05, 4.69) is 0 Å². The highest BCUT2D eigenvalue weighted by molar-refractivity contribution is 6.92. The Labute approximate surface area is 225 Å². The Morgan fingerprint density at radius 2 is 0.949 bits per heavy atom. The van der Waals surface area contributed by atoms with Crippen molar-refractivity contribution < 1.29 is 28.2 Å². The van der Waals surface area contributed by atoms with Crippen LogP contribution in [0.15, 0.2) is 97.1 Å². The fraction of sp³-hybridized carbons (Fsp3) is 0.143. The molecule has 0 N–H and O–H groups in total. The van der Waals surface area contributed by atoms with Gasteiger partial charge in [-0.15, -0.1) is 0 Å². The lowest BCUT2D eigenvalue weighted by molar-refractivity contribution is -0.385. The molecule has 0 aliphatic heterocycles. The number of hydrogen-bond acceptors (Lipinski definition) is 8. The lowest BCUT2D eigenvalue weighted by Gasteiger charge is -2.32. The number of hydrogen-bond donors (Lipinski definition) is 0. The number of benzene rings is 4. The van der Waals surface area contributed by atoms with E-state index in [4.69, 9.17) is 18.3 Å². The summed E-state index contributed by atoms with van der Waals surface area (Å²) in [5.74, 6) is 1.24. The Balaban J connectivity index is 1.84. The summed E-state index contributed by atoms with van der Waals surface area (Å²) in [6.07, 6.45) is 0. The van der Waals surface area contributed by atoms with E-state index in [1.807, 2.05) is 24.3 Å². The van der Waals surface area contributed by atoms with Gasteiger partial charge in [0.25, 0.3) is 11.4 Å². The number of nitrogens with zero attached hydrogens (tertiary/aromatic N) is 2. The average Bonchev–Trinajstić information content (AvgIpc) is 2.98. The van der Waals surface area contributed by atoms with Crippen LogP contribution in [0.2, 0.25) is 0 Å². The van der Waals surface area contributed by atoms with Crippen LogP contribution in [0.25, 0.3) is 0 Å². The van der Waals surface area contributed by atoms with Gasteiger partial charge >= 0.3 is 8.56 Å². The summed E-state index contributed by atoms with van der Waals surface area (Å²) in [7, 11) is -0.547. The highest BCUT2D eigenvalue weighted by Crippen LogP contribution is 2.25. The Kier molecular flexibility index (Phi) is 8.66. The molecule has 0 fully saturated rings. The van der Waals surface area contributed by atoms with Gasteiger partial charge in [0.15, 0.2) is 0 Å². The second-order valence-corrected chi connectivity index (χ2v) is 11.4. The zero-order valence-electron chi connectivity index (χ0n) is 21.3. The highest BCUT2D eigenvalue weighted by Gasteiger charge is 2.44. The summed E-state index contributed by atoms with van der Waals surface area (Å²) in [5, 5.41) is 24.7. The first-order valence-electron chi connectivity index (χ1n) is 11.9. The van der Waals surface area contributed by atoms with Crippen molar-refractivity contribution in [3.8, 4) is 11.5 Å². The van der Waals surface area contributed by atoms with Crippen LogP contribution in [0.1, 0.15) is 11.1 Å². The van der Waals surface area contributed by atoms with E-state index in [9.17, 15) is 20.2 Å². The lowest BCUT2D eigenvalue weighted by Crippen LogP contribution is -2.63. The summed E-state index contributed by atoms with van der Waals surface area (Å²) in [6, 6.07) is 27.0. The predicted octanol–water partition coefficient (Wildman–Crippen LogP) is 4.51. The van der Waals surface area contributed by atoms with E-state index in [0.29, 0.717) is 33.0 Å². The maximum atomic E-state index is 11.7. The molecular formula is C28H26N2O8Si. The first kappa shape index (κ1) is 27.5. The number of methoxy groups -OCH3 is 2. The predicted molar refractivity (Wildman–Crippen MR) is 147 cm³/mol. The third kappa shape index (κ3) is 6.12. The normalized spacial score (nSPS) is 11.1. The van der Waals surface area contributed by atoms with Crippen molar-refractivity contribution in [2.45, 2.75) is 13.2 Å². The lowest BCUT2D eigenvalue weighted by atomic mass is 10.2. The maximum absolute atomic E-state index is 11.7. The first-order chi connectivity index (χ1) is 18.9. The van der Waals surface area contributed by atoms with Gasteiger partial charge in [-0.1, -0.05) is 48.5 Å². The average molecular weight is 547 g/mol. The van der Waals surface area contributed by atoms with Gasteiger partial charge in [-0.2, -0.15) is 0 Å². The van der Waals surface area contributed by atoms with Crippen LogP contribution in [0.5, 0.6) is 11.5 Å². The summed E-state index contributed by atoms with van der Waals surface area (Å²) in [4.78, 5) is 22.4. The van der Waals surface area contributed by atoms with Gasteiger partial charge in [-0.25, -0.2) is 0 Å². The van der Waals surface area contributed by atoms with E-state index in [-0.39, 0.29) is 24.6 Å². The minimum Gasteiger partial charge on any atom is -0.497 e. The zero-order valence-corrected chi connectivity index (χ0v) is 22.3. The SMILES string of the molecule is COc1ccc([Si](OCc2ccccc2[N+](=O)[O-])(OCc2ccccc2[N+](=O)[O-])c2ccc(OC)cc2)cc1. The number of nitro groups is 2. The van der Waals surface area contributed by atoms with Gasteiger partial charge in [-0.3, -0.25) is 20.2 Å². The maximum Gasteiger partial charge on any atom is 0.407 e. The van der Waals surface area contributed by atoms with E-state index in [0.717, 1.165) is 0 Å². The summed E-state index contributed by atoms with van der Waals surface area (Å²) < 4.78 is 23.9. The molecule has 10 nitrogen and oxygen atoms in total. The largest absolute Gasteiger partial charge is 0.497 e. The summed E-state index contributed by atoms with van der Waals surface area (Å²) in [5.41, 5.74) is 0.582. The number of ether oxygens (including phenoxy) is 2. The fourth-order valence-electron chi connectivity index (χ4n) is 4.14. The molecule has 0 saturated heterocycles. The van der Waals surface area contributed by atoms with Crippen LogP contribution in [0.4, 0.5) is 11.4 Å². The molecule has 0 heterocycles. The Morgan fingerprint density at radius 3 is 1.28 bits per heavy atom. The van der Waals surface area contributed by atoms with Crippen molar-refractivity contribution in [3.63, 3.8) is 0 Å². The quantitative estimate of drug-likeness (QED) is 0.144. The van der Waals surface area contributed by atoms with Gasteiger partial charge in [0, 0.05) is 12.1 Å². The van der Waals surface area contributed by atoms with Gasteiger partial charge in [-0.05, 0) is 46.8 Å². The molecule has 4 aromatic rings. The van der Waals surface area contributed by atoms with Gasteiger partial charge < -0.3 is 18.3 Å². The molecular weight excluding hydrogens is 520 g/mol. The number of para-hydroxylation sites is 2. The standard InChI is InChI=1S/C28H26N2O8Si/c1-35-23-11-15-25(16-12-23)39(26-17-13-24(36-2)14-18-26,37-19-21-7-3-5-9-27(21)29(31)32)38-20-22-8-4-6-10-28(22)30(33)34/h3-18H,19-20H2,1-2H3. The second kappa shape index (κ2) is 12.3. The van der Waals surface area contributed by atoms with E-state index in [1.165, 1.54) is 12.1 Å². The molecule has 0 aromatic heterocycles. The van der Waals surface area contributed by atoms with Gasteiger partial charge in [0.1, 0.15) is 11.5 Å². The van der Waals surface area contributed by atoms with Crippen molar-refractivity contribution >= 4 is 30.3 Å². The molecule has 0 atom stereocenters. The topological polar surface area (TPSA) is 123 Å². The first-order valence-corrected chi connectivity index (χ1v) is 13.7. The monoisotopic (exact) mass is 546 g/mol. The van der Waals surface area contributed by atoms with E-state index >= 15 is 0 Å². The zero-order chi connectivity index (χ0) is 27.8. The molecule has 0 aliphatic carbocycles. The summed E-state index contributed by atoms with van der Waals surface area (Å²) >= 11 is 0. The molecule has 11 heteroatoms. The van der Waals surface area contributed by atoms with Gasteiger partial charge in [0.2, 0.25) is 0 Å². The minimum absolute atomic E-state index is 0.0800. The Morgan fingerprint density at radius 1 is 0.590 bits per heavy atom. The molecule has 0 bridgehead atoms. The van der Waals surface area contributed by atoms with Crippen molar-refractivity contribution in [1.82, 2.24) is 0 Å². The van der Waals surface area contributed by atoms with Crippen LogP contribution in [-0.4, -0.2) is 32.6 Å². The molecule has 0 aliphatic rings. The van der Waals surface area contributed by atoms with Crippen molar-refractivity contribution in [1.29, 1.82) is 0 Å². The molecule has 200 valence electrons. The molecule has 0 radical (unpaired) electrons. The minimum atomic E-state index is -3.66.